The van der Waals surface area contributed by atoms with E-state index in [0.29, 0.717) is 0 Å². The van der Waals surface area contributed by atoms with E-state index in [-0.39, 0.29) is 0 Å². The molecule has 1 saturated heterocycles. The van der Waals surface area contributed by atoms with Crippen LogP contribution in [0.1, 0.15) is 49.7 Å². The van der Waals surface area contributed by atoms with Crippen molar-refractivity contribution in [3.63, 3.8) is 0 Å². The van der Waals surface area contributed by atoms with Gasteiger partial charge in [0.25, 0.3) is 0 Å². The lowest BCUT2D eigenvalue weighted by Gasteiger charge is -2.46. The van der Waals surface area contributed by atoms with Gasteiger partial charge in [-0.05, 0) is 55.7 Å². The molecule has 1 heterocycles. The van der Waals surface area contributed by atoms with Crippen molar-refractivity contribution in [2.24, 2.45) is 5.92 Å². The number of hydrogen-bond acceptors (Lipinski definition) is 1. The molecular weight excluding hydrogens is 298 g/mol. The van der Waals surface area contributed by atoms with Crippen LogP contribution in [0.15, 0.2) is 18.2 Å². The van der Waals surface area contributed by atoms with Crippen LogP contribution in [0.25, 0.3) is 0 Å². The molecule has 1 aromatic carbocycles. The Morgan fingerprint density at radius 3 is 2.74 bits per heavy atom. The summed E-state index contributed by atoms with van der Waals surface area (Å²) in [6.07, 6.45) is 8.58. The van der Waals surface area contributed by atoms with Gasteiger partial charge in [-0.15, -0.1) is 0 Å². The lowest BCUT2D eigenvalue weighted by molar-refractivity contribution is 0.243. The van der Waals surface area contributed by atoms with Gasteiger partial charge in [0, 0.05) is 23.6 Å². The van der Waals surface area contributed by atoms with Crippen molar-refractivity contribution in [3.05, 3.63) is 29.3 Å². The number of rotatable bonds is 2. The zero-order valence-electron chi connectivity index (χ0n) is 11.9. The second-order valence-electron chi connectivity index (χ2n) is 6.20. The average molecular weight is 322 g/mol. The number of benzene rings is 1. The normalized spacial score (nSPS) is 27.2. The summed E-state index contributed by atoms with van der Waals surface area (Å²) in [5, 5.41) is 0.959. The average Bonchev–Trinajstić information content (AvgIpc) is 2.46. The Labute approximate surface area is 125 Å². The molecule has 1 aliphatic carbocycles. The van der Waals surface area contributed by atoms with E-state index >= 15 is 0 Å². The molecule has 0 N–H and O–H groups in total. The van der Waals surface area contributed by atoms with Gasteiger partial charge in [0.15, 0.2) is 0 Å². The summed E-state index contributed by atoms with van der Waals surface area (Å²) in [7, 11) is 0. The summed E-state index contributed by atoms with van der Waals surface area (Å²) in [6.45, 7) is 3.53. The summed E-state index contributed by atoms with van der Waals surface area (Å²) in [4.78, 5) is 2.72. The lowest BCUT2D eigenvalue weighted by atomic mass is 9.78. The van der Waals surface area contributed by atoms with Gasteiger partial charge in [-0.3, -0.25) is 0 Å². The summed E-state index contributed by atoms with van der Waals surface area (Å²) in [5.41, 5.74) is 4.32. The third-order valence-electron chi connectivity index (χ3n) is 4.97. The highest BCUT2D eigenvalue weighted by molar-refractivity contribution is 9.08. The Hall–Kier alpha value is -0.500. The van der Waals surface area contributed by atoms with Crippen molar-refractivity contribution in [1.82, 2.24) is 0 Å². The summed E-state index contributed by atoms with van der Waals surface area (Å²) >= 11 is 3.55. The number of anilines is 1. The number of hydrogen-bond donors (Lipinski definition) is 0. The van der Waals surface area contributed by atoms with Gasteiger partial charge in [0.05, 0.1) is 0 Å². The van der Waals surface area contributed by atoms with Gasteiger partial charge in [-0.25, -0.2) is 0 Å². The molecular formula is C17H24BrN. The molecule has 1 saturated carbocycles. The third kappa shape index (κ3) is 2.69. The van der Waals surface area contributed by atoms with E-state index in [1.165, 1.54) is 61.9 Å². The minimum atomic E-state index is 0.816. The number of halogens is 1. The highest BCUT2D eigenvalue weighted by Gasteiger charge is 2.33. The third-order valence-corrected chi connectivity index (χ3v) is 5.62. The molecule has 1 aromatic rings. The molecule has 2 heteroatoms. The second kappa shape index (κ2) is 5.87. The summed E-state index contributed by atoms with van der Waals surface area (Å²) in [5.74, 6) is 0.956. The minimum Gasteiger partial charge on any atom is -0.368 e. The smallest absolute Gasteiger partial charge is 0.0398 e. The van der Waals surface area contributed by atoms with Crippen LogP contribution in [0.4, 0.5) is 5.69 Å². The Balaban J connectivity index is 1.87. The summed E-state index contributed by atoms with van der Waals surface area (Å²) in [6, 6.07) is 7.79. The lowest BCUT2D eigenvalue weighted by Crippen LogP contribution is -2.47. The Bertz CT molecular complexity index is 441. The molecule has 104 valence electrons. The van der Waals surface area contributed by atoms with Gasteiger partial charge in [-0.1, -0.05) is 40.9 Å². The fourth-order valence-electron chi connectivity index (χ4n) is 4.05. The Kier molecular flexibility index (Phi) is 4.16. The number of fused-ring (bicyclic) bond motifs is 1. The van der Waals surface area contributed by atoms with Crippen molar-refractivity contribution in [2.75, 3.05) is 11.4 Å². The molecule has 2 fully saturated rings. The zero-order chi connectivity index (χ0) is 13.2. The number of piperidine rings is 1. The summed E-state index contributed by atoms with van der Waals surface area (Å²) < 4.78 is 0. The maximum absolute atomic E-state index is 3.55. The second-order valence-corrected chi connectivity index (χ2v) is 6.76. The van der Waals surface area contributed by atoms with Gasteiger partial charge < -0.3 is 4.90 Å². The monoisotopic (exact) mass is 321 g/mol. The van der Waals surface area contributed by atoms with E-state index in [9.17, 15) is 0 Å². The molecule has 3 rings (SSSR count). The topological polar surface area (TPSA) is 3.24 Å². The van der Waals surface area contributed by atoms with E-state index in [2.05, 4.69) is 46.0 Å². The standard InChI is InChI=1S/C17H24BrN/c1-13-11-14(12-18)8-9-16(13)19-10-4-6-15-5-2-3-7-17(15)19/h8-9,11,15,17H,2-7,10,12H2,1H3/t15-,17-/m1/s1. The molecule has 0 aromatic heterocycles. The van der Waals surface area contributed by atoms with Crippen LogP contribution >= 0.6 is 15.9 Å². The van der Waals surface area contributed by atoms with Crippen LogP contribution in [0, 0.1) is 12.8 Å². The van der Waals surface area contributed by atoms with E-state index in [0.717, 1.165) is 17.3 Å². The Morgan fingerprint density at radius 2 is 1.95 bits per heavy atom. The zero-order valence-corrected chi connectivity index (χ0v) is 13.5. The van der Waals surface area contributed by atoms with Crippen molar-refractivity contribution in [2.45, 2.75) is 56.8 Å². The van der Waals surface area contributed by atoms with Crippen LogP contribution < -0.4 is 4.90 Å². The van der Waals surface area contributed by atoms with Gasteiger partial charge in [-0.2, -0.15) is 0 Å². The fraction of sp³-hybridized carbons (Fsp3) is 0.647. The first-order chi connectivity index (χ1) is 9.29. The minimum absolute atomic E-state index is 0.816. The van der Waals surface area contributed by atoms with E-state index in [4.69, 9.17) is 0 Å². The number of alkyl halides is 1. The largest absolute Gasteiger partial charge is 0.368 e. The molecule has 0 unspecified atom stereocenters. The van der Waals surface area contributed by atoms with Crippen molar-refractivity contribution in [1.29, 1.82) is 0 Å². The van der Waals surface area contributed by atoms with Gasteiger partial charge in [0.2, 0.25) is 0 Å². The van der Waals surface area contributed by atoms with E-state index in [1.807, 2.05) is 0 Å². The molecule has 0 bridgehead atoms. The maximum Gasteiger partial charge on any atom is 0.0398 e. The molecule has 2 aliphatic rings. The first kappa shape index (κ1) is 13.5. The van der Waals surface area contributed by atoms with E-state index in [1.54, 1.807) is 0 Å². The SMILES string of the molecule is Cc1cc(CBr)ccc1N1CCC[C@H]2CCCC[C@H]21. The molecule has 19 heavy (non-hydrogen) atoms. The predicted molar refractivity (Wildman–Crippen MR) is 86.1 cm³/mol. The number of aryl methyl sites for hydroxylation is 1. The molecule has 1 aliphatic heterocycles. The first-order valence-corrected chi connectivity index (χ1v) is 8.84. The van der Waals surface area contributed by atoms with Crippen LogP contribution in [0.5, 0.6) is 0 Å². The highest BCUT2D eigenvalue weighted by atomic mass is 79.9. The van der Waals surface area contributed by atoms with Crippen LogP contribution in [0.2, 0.25) is 0 Å². The van der Waals surface area contributed by atoms with Crippen molar-refractivity contribution in [3.8, 4) is 0 Å². The molecule has 0 amide bonds. The van der Waals surface area contributed by atoms with Gasteiger partial charge >= 0.3 is 0 Å². The van der Waals surface area contributed by atoms with Crippen molar-refractivity contribution < 1.29 is 0 Å². The molecule has 0 radical (unpaired) electrons. The maximum atomic E-state index is 3.55. The number of nitrogens with zero attached hydrogens (tertiary/aromatic N) is 1. The van der Waals surface area contributed by atoms with E-state index < -0.39 is 0 Å². The molecule has 0 spiro atoms. The van der Waals surface area contributed by atoms with Crippen molar-refractivity contribution >= 4 is 21.6 Å². The molecule has 2 atom stereocenters. The van der Waals surface area contributed by atoms with Gasteiger partial charge in [0.1, 0.15) is 0 Å². The highest BCUT2D eigenvalue weighted by Crippen LogP contribution is 2.38. The van der Waals surface area contributed by atoms with Crippen LogP contribution in [0.3, 0.4) is 0 Å². The van der Waals surface area contributed by atoms with Crippen LogP contribution in [-0.2, 0) is 5.33 Å². The predicted octanol–water partition coefficient (Wildman–Crippen LogP) is 5.05. The fourth-order valence-corrected chi connectivity index (χ4v) is 4.40. The Morgan fingerprint density at radius 1 is 1.16 bits per heavy atom. The first-order valence-electron chi connectivity index (χ1n) is 7.71. The van der Waals surface area contributed by atoms with Crippen LogP contribution in [-0.4, -0.2) is 12.6 Å². The molecule has 1 nitrogen and oxygen atoms in total. The quantitative estimate of drug-likeness (QED) is 0.689.